The molecule has 0 fully saturated rings. The lowest BCUT2D eigenvalue weighted by molar-refractivity contribution is 0.0695. The van der Waals surface area contributed by atoms with Crippen LogP contribution in [0.4, 0.5) is 4.39 Å². The Kier molecular flexibility index (Phi) is 4.32. The first-order chi connectivity index (χ1) is 8.59. The van der Waals surface area contributed by atoms with Gasteiger partial charge in [-0.2, -0.15) is 0 Å². The third kappa shape index (κ3) is 2.93. The second-order valence-electron chi connectivity index (χ2n) is 4.62. The molecule has 1 aromatic rings. The highest BCUT2D eigenvalue weighted by Gasteiger charge is 2.26. The van der Waals surface area contributed by atoms with Gasteiger partial charge in [-0.15, -0.1) is 0 Å². The lowest BCUT2D eigenvalue weighted by Gasteiger charge is -2.16. The fourth-order valence-corrected chi connectivity index (χ4v) is 2.59. The number of hydrogen-bond acceptors (Lipinski definition) is 3. The lowest BCUT2D eigenvalue weighted by atomic mass is 9.97. The Labute approximate surface area is 111 Å². The Balaban J connectivity index is 3.64. The maximum Gasteiger partial charge on any atom is 0.336 e. The van der Waals surface area contributed by atoms with Crippen molar-refractivity contribution >= 4 is 16.0 Å². The molecule has 0 atom stereocenters. The Morgan fingerprint density at radius 1 is 1.32 bits per heavy atom. The summed E-state index contributed by atoms with van der Waals surface area (Å²) in [7, 11) is -1.50. The second kappa shape index (κ2) is 5.26. The minimum Gasteiger partial charge on any atom is -0.478 e. The van der Waals surface area contributed by atoms with E-state index in [0.717, 1.165) is 16.4 Å². The summed E-state index contributed by atoms with van der Waals surface area (Å²) in [5, 5.41) is 9.10. The zero-order chi connectivity index (χ0) is 15.0. The first-order valence-electron chi connectivity index (χ1n) is 5.58. The number of carbonyl (C=O) groups is 1. The summed E-state index contributed by atoms with van der Waals surface area (Å²) in [4.78, 5) is 10.5. The largest absolute Gasteiger partial charge is 0.478 e. The van der Waals surface area contributed by atoms with Gasteiger partial charge in [-0.25, -0.2) is 21.9 Å². The summed E-state index contributed by atoms with van der Waals surface area (Å²) in [5.74, 6) is -2.45. The first kappa shape index (κ1) is 15.6. The number of nitrogens with zero attached hydrogens (tertiary/aromatic N) is 1. The summed E-state index contributed by atoms with van der Waals surface area (Å²) in [6.07, 6.45) is 0. The standard InChI is InChI=1S/C12H16FNO4S/c1-7(2)8-5-10(13)11(6-9(8)12(15)16)19(17,18)14(3)4/h5-7H,1-4H3,(H,15,16). The minimum absolute atomic E-state index is 0.197. The fraction of sp³-hybridized carbons (Fsp3) is 0.417. The highest BCUT2D eigenvalue weighted by atomic mass is 32.2. The molecule has 0 aliphatic rings. The van der Waals surface area contributed by atoms with Gasteiger partial charge in [0, 0.05) is 14.1 Å². The Morgan fingerprint density at radius 3 is 2.21 bits per heavy atom. The SMILES string of the molecule is CC(C)c1cc(F)c(S(=O)(=O)N(C)C)cc1C(=O)O. The molecule has 5 nitrogen and oxygen atoms in total. The minimum atomic E-state index is -4.01. The Morgan fingerprint density at radius 2 is 1.84 bits per heavy atom. The van der Waals surface area contributed by atoms with Gasteiger partial charge in [0.05, 0.1) is 5.56 Å². The van der Waals surface area contributed by atoms with Gasteiger partial charge in [-0.3, -0.25) is 0 Å². The van der Waals surface area contributed by atoms with E-state index in [0.29, 0.717) is 0 Å². The van der Waals surface area contributed by atoms with Crippen LogP contribution in [0.1, 0.15) is 35.7 Å². The summed E-state index contributed by atoms with van der Waals surface area (Å²) in [6, 6.07) is 1.85. The van der Waals surface area contributed by atoms with Gasteiger partial charge in [0.2, 0.25) is 10.0 Å². The van der Waals surface area contributed by atoms with E-state index in [1.165, 1.54) is 14.1 Å². The zero-order valence-electron chi connectivity index (χ0n) is 11.1. The van der Waals surface area contributed by atoms with E-state index >= 15 is 0 Å². The van der Waals surface area contributed by atoms with Gasteiger partial charge < -0.3 is 5.11 Å². The van der Waals surface area contributed by atoms with Gasteiger partial charge in [0.1, 0.15) is 10.7 Å². The van der Waals surface area contributed by atoms with Crippen molar-refractivity contribution in [1.82, 2.24) is 4.31 Å². The maximum atomic E-state index is 13.9. The van der Waals surface area contributed by atoms with E-state index < -0.39 is 26.7 Å². The van der Waals surface area contributed by atoms with Crippen molar-refractivity contribution in [2.24, 2.45) is 0 Å². The van der Waals surface area contributed by atoms with Crippen molar-refractivity contribution in [3.63, 3.8) is 0 Å². The van der Waals surface area contributed by atoms with Crippen LogP contribution in [-0.2, 0) is 10.0 Å². The predicted molar refractivity (Wildman–Crippen MR) is 68.3 cm³/mol. The number of carboxylic acids is 1. The van der Waals surface area contributed by atoms with Crippen LogP contribution < -0.4 is 0 Å². The molecule has 0 saturated heterocycles. The van der Waals surface area contributed by atoms with Crippen LogP contribution in [0.5, 0.6) is 0 Å². The maximum absolute atomic E-state index is 13.9. The highest BCUT2D eigenvalue weighted by Crippen LogP contribution is 2.27. The van der Waals surface area contributed by atoms with Gasteiger partial charge in [0.25, 0.3) is 0 Å². The number of benzene rings is 1. The molecule has 1 N–H and O–H groups in total. The van der Waals surface area contributed by atoms with Crippen LogP contribution in [0.2, 0.25) is 0 Å². The average Bonchev–Trinajstić information content (AvgIpc) is 2.27. The molecule has 0 amide bonds. The molecule has 0 heterocycles. The molecule has 0 unspecified atom stereocenters. The quantitative estimate of drug-likeness (QED) is 0.918. The third-order valence-corrected chi connectivity index (χ3v) is 4.55. The zero-order valence-corrected chi connectivity index (χ0v) is 12.0. The van der Waals surface area contributed by atoms with Crippen molar-refractivity contribution in [3.05, 3.63) is 29.1 Å². The van der Waals surface area contributed by atoms with E-state index in [9.17, 15) is 17.6 Å². The second-order valence-corrected chi connectivity index (χ2v) is 6.74. The first-order valence-corrected chi connectivity index (χ1v) is 7.02. The fourth-order valence-electron chi connectivity index (χ4n) is 1.63. The molecule has 0 saturated carbocycles. The third-order valence-electron chi connectivity index (χ3n) is 2.72. The van der Waals surface area contributed by atoms with Crippen LogP contribution in [0.15, 0.2) is 17.0 Å². The van der Waals surface area contributed by atoms with Gasteiger partial charge in [-0.05, 0) is 23.6 Å². The Bertz CT molecular complexity index is 608. The molecule has 0 spiro atoms. The molecule has 0 aromatic heterocycles. The van der Waals surface area contributed by atoms with Crippen LogP contribution in [0.3, 0.4) is 0 Å². The van der Waals surface area contributed by atoms with Gasteiger partial charge in [-0.1, -0.05) is 13.8 Å². The number of halogens is 1. The summed E-state index contributed by atoms with van der Waals surface area (Å²) >= 11 is 0. The molecule has 0 aliphatic carbocycles. The number of sulfonamides is 1. The van der Waals surface area contributed by atoms with Crippen molar-refractivity contribution in [3.8, 4) is 0 Å². The summed E-state index contributed by atoms with van der Waals surface area (Å²) in [5.41, 5.74) is 0.0690. The molecule has 7 heteroatoms. The molecule has 0 bridgehead atoms. The van der Waals surface area contributed by atoms with E-state index in [1.807, 2.05) is 0 Å². The lowest BCUT2D eigenvalue weighted by Crippen LogP contribution is -2.24. The topological polar surface area (TPSA) is 74.7 Å². The smallest absolute Gasteiger partial charge is 0.336 e. The van der Waals surface area contributed by atoms with E-state index in [4.69, 9.17) is 5.11 Å². The molecule has 0 aliphatic heterocycles. The van der Waals surface area contributed by atoms with Crippen LogP contribution in [0, 0.1) is 5.82 Å². The van der Waals surface area contributed by atoms with Crippen molar-refractivity contribution in [2.75, 3.05) is 14.1 Å². The van der Waals surface area contributed by atoms with Crippen molar-refractivity contribution in [2.45, 2.75) is 24.7 Å². The number of carboxylic acid groups (broad SMARTS) is 1. The number of aromatic carboxylic acids is 1. The molecule has 0 radical (unpaired) electrons. The van der Waals surface area contributed by atoms with Gasteiger partial charge >= 0.3 is 5.97 Å². The van der Waals surface area contributed by atoms with E-state index in [1.54, 1.807) is 13.8 Å². The molecule has 106 valence electrons. The van der Waals surface area contributed by atoms with Crippen molar-refractivity contribution in [1.29, 1.82) is 0 Å². The number of rotatable bonds is 4. The molecule has 1 rings (SSSR count). The molecular weight excluding hydrogens is 273 g/mol. The average molecular weight is 289 g/mol. The van der Waals surface area contributed by atoms with Crippen LogP contribution in [0.25, 0.3) is 0 Å². The molecular formula is C12H16FNO4S. The van der Waals surface area contributed by atoms with Crippen LogP contribution in [-0.4, -0.2) is 37.9 Å². The number of hydrogen-bond donors (Lipinski definition) is 1. The van der Waals surface area contributed by atoms with E-state index in [2.05, 4.69) is 0 Å². The van der Waals surface area contributed by atoms with Crippen molar-refractivity contribution < 1.29 is 22.7 Å². The summed E-state index contributed by atoms with van der Waals surface area (Å²) < 4.78 is 38.6. The Hall–Kier alpha value is -1.47. The van der Waals surface area contributed by atoms with Crippen LogP contribution >= 0.6 is 0 Å². The van der Waals surface area contributed by atoms with Gasteiger partial charge in [0.15, 0.2) is 0 Å². The molecule has 1 aromatic carbocycles. The summed E-state index contributed by atoms with van der Waals surface area (Å²) in [6.45, 7) is 3.42. The highest BCUT2D eigenvalue weighted by molar-refractivity contribution is 7.89. The normalized spacial score (nSPS) is 12.2. The van der Waals surface area contributed by atoms with E-state index in [-0.39, 0.29) is 17.0 Å². The monoisotopic (exact) mass is 289 g/mol. The predicted octanol–water partition coefficient (Wildman–Crippen LogP) is 1.90. The molecule has 19 heavy (non-hydrogen) atoms.